The van der Waals surface area contributed by atoms with Crippen molar-refractivity contribution in [2.75, 3.05) is 24.3 Å². The number of nitrogens with zero attached hydrogens (tertiary/aromatic N) is 2. The molecule has 6 nitrogen and oxygen atoms in total. The van der Waals surface area contributed by atoms with E-state index in [-0.39, 0.29) is 18.6 Å². The van der Waals surface area contributed by atoms with Crippen molar-refractivity contribution < 1.29 is 9.53 Å². The van der Waals surface area contributed by atoms with E-state index in [1.165, 1.54) is 7.11 Å². The number of methoxy groups -OCH3 is 1. The van der Waals surface area contributed by atoms with E-state index >= 15 is 0 Å². The molecule has 0 fully saturated rings. The average molecular weight is 238 g/mol. The highest BCUT2D eigenvalue weighted by atomic mass is 16.5. The number of hydrogen-bond acceptors (Lipinski definition) is 6. The first-order valence-corrected chi connectivity index (χ1v) is 5.44. The summed E-state index contributed by atoms with van der Waals surface area (Å²) in [5, 5.41) is 6.06. The Morgan fingerprint density at radius 1 is 1.41 bits per heavy atom. The van der Waals surface area contributed by atoms with E-state index < -0.39 is 0 Å². The van der Waals surface area contributed by atoms with Gasteiger partial charge in [0.25, 0.3) is 0 Å². The number of ether oxygens (including phenoxy) is 1. The SMILES string of the molecule is COC(=O)CNc1cc(NC(C)C)nc(C)n1. The first-order valence-electron chi connectivity index (χ1n) is 5.44. The van der Waals surface area contributed by atoms with E-state index in [2.05, 4.69) is 25.3 Å². The summed E-state index contributed by atoms with van der Waals surface area (Å²) in [7, 11) is 1.35. The summed E-state index contributed by atoms with van der Waals surface area (Å²) in [5.41, 5.74) is 0. The molecule has 0 bridgehead atoms. The number of aryl methyl sites for hydroxylation is 1. The number of nitrogens with one attached hydrogen (secondary N) is 2. The molecule has 0 amide bonds. The van der Waals surface area contributed by atoms with Gasteiger partial charge in [0.2, 0.25) is 0 Å². The molecule has 0 atom stereocenters. The maximum Gasteiger partial charge on any atom is 0.325 e. The predicted octanol–water partition coefficient (Wildman–Crippen LogP) is 1.19. The molecule has 17 heavy (non-hydrogen) atoms. The van der Waals surface area contributed by atoms with Gasteiger partial charge in [0.1, 0.15) is 24.0 Å². The lowest BCUT2D eigenvalue weighted by Crippen LogP contribution is -2.17. The quantitative estimate of drug-likeness (QED) is 0.750. The second-order valence-corrected chi connectivity index (χ2v) is 3.91. The molecule has 0 aliphatic carbocycles. The summed E-state index contributed by atoms with van der Waals surface area (Å²) < 4.78 is 4.54. The minimum atomic E-state index is -0.334. The van der Waals surface area contributed by atoms with Gasteiger partial charge in [0.15, 0.2) is 0 Å². The van der Waals surface area contributed by atoms with Crippen LogP contribution in [0.2, 0.25) is 0 Å². The maximum atomic E-state index is 11.0. The van der Waals surface area contributed by atoms with Gasteiger partial charge in [-0.2, -0.15) is 0 Å². The van der Waals surface area contributed by atoms with Gasteiger partial charge in [0.05, 0.1) is 7.11 Å². The Balaban J connectivity index is 2.71. The van der Waals surface area contributed by atoms with Gasteiger partial charge >= 0.3 is 5.97 Å². The van der Waals surface area contributed by atoms with Gasteiger partial charge in [-0.3, -0.25) is 4.79 Å². The highest BCUT2D eigenvalue weighted by Crippen LogP contribution is 2.11. The van der Waals surface area contributed by atoms with Crippen molar-refractivity contribution in [3.05, 3.63) is 11.9 Å². The molecule has 6 heteroatoms. The van der Waals surface area contributed by atoms with Gasteiger partial charge < -0.3 is 15.4 Å². The van der Waals surface area contributed by atoms with Crippen molar-refractivity contribution in [3.8, 4) is 0 Å². The zero-order valence-corrected chi connectivity index (χ0v) is 10.6. The maximum absolute atomic E-state index is 11.0. The van der Waals surface area contributed by atoms with Crippen molar-refractivity contribution in [3.63, 3.8) is 0 Å². The number of anilines is 2. The molecule has 0 saturated heterocycles. The molecule has 0 radical (unpaired) electrons. The number of aromatic nitrogens is 2. The summed E-state index contributed by atoms with van der Waals surface area (Å²) >= 11 is 0. The third-order valence-corrected chi connectivity index (χ3v) is 1.92. The van der Waals surface area contributed by atoms with Crippen molar-refractivity contribution in [2.24, 2.45) is 0 Å². The van der Waals surface area contributed by atoms with Crippen LogP contribution in [0.3, 0.4) is 0 Å². The van der Waals surface area contributed by atoms with Crippen LogP contribution in [0.15, 0.2) is 6.07 Å². The zero-order chi connectivity index (χ0) is 12.8. The van der Waals surface area contributed by atoms with Crippen LogP contribution >= 0.6 is 0 Å². The molecular formula is C11H18N4O2. The predicted molar refractivity (Wildman–Crippen MR) is 66.0 cm³/mol. The summed E-state index contributed by atoms with van der Waals surface area (Å²) in [6.07, 6.45) is 0. The lowest BCUT2D eigenvalue weighted by molar-refractivity contribution is -0.138. The fourth-order valence-electron chi connectivity index (χ4n) is 1.26. The molecule has 0 spiro atoms. The Labute approximate surface area is 101 Å². The van der Waals surface area contributed by atoms with E-state index in [0.29, 0.717) is 11.6 Å². The van der Waals surface area contributed by atoms with Crippen LogP contribution < -0.4 is 10.6 Å². The van der Waals surface area contributed by atoms with E-state index in [0.717, 1.165) is 5.82 Å². The van der Waals surface area contributed by atoms with E-state index in [4.69, 9.17) is 0 Å². The van der Waals surface area contributed by atoms with E-state index in [1.54, 1.807) is 13.0 Å². The lowest BCUT2D eigenvalue weighted by atomic mass is 10.4. The number of carbonyl (C=O) groups is 1. The van der Waals surface area contributed by atoms with Gasteiger partial charge in [-0.15, -0.1) is 0 Å². The minimum absolute atomic E-state index is 0.0913. The average Bonchev–Trinajstić information content (AvgIpc) is 2.24. The summed E-state index contributed by atoms with van der Waals surface area (Å²) in [4.78, 5) is 19.4. The topological polar surface area (TPSA) is 76.1 Å². The Hall–Kier alpha value is -1.85. The molecule has 0 aliphatic heterocycles. The van der Waals surface area contributed by atoms with Gasteiger partial charge in [-0.25, -0.2) is 9.97 Å². The Bertz CT molecular complexity index is 393. The van der Waals surface area contributed by atoms with E-state index in [1.807, 2.05) is 13.8 Å². The monoisotopic (exact) mass is 238 g/mol. The van der Waals surface area contributed by atoms with E-state index in [9.17, 15) is 4.79 Å². The molecule has 0 unspecified atom stereocenters. The molecule has 1 heterocycles. The van der Waals surface area contributed by atoms with Crippen LogP contribution in [0.4, 0.5) is 11.6 Å². The third-order valence-electron chi connectivity index (χ3n) is 1.92. The van der Waals surface area contributed by atoms with Crippen molar-refractivity contribution in [2.45, 2.75) is 26.8 Å². The van der Waals surface area contributed by atoms with Crippen molar-refractivity contribution in [1.29, 1.82) is 0 Å². The summed E-state index contributed by atoms with van der Waals surface area (Å²) in [6.45, 7) is 5.95. The highest BCUT2D eigenvalue weighted by Gasteiger charge is 2.05. The van der Waals surface area contributed by atoms with Crippen molar-refractivity contribution in [1.82, 2.24) is 9.97 Å². The second kappa shape index (κ2) is 6.03. The smallest absolute Gasteiger partial charge is 0.325 e. The largest absolute Gasteiger partial charge is 0.468 e. The number of carbonyl (C=O) groups excluding carboxylic acids is 1. The van der Waals surface area contributed by atoms with Crippen LogP contribution in [0.5, 0.6) is 0 Å². The van der Waals surface area contributed by atoms with Crippen LogP contribution in [0.1, 0.15) is 19.7 Å². The fraction of sp³-hybridized carbons (Fsp3) is 0.545. The van der Waals surface area contributed by atoms with Crippen LogP contribution in [0.25, 0.3) is 0 Å². The molecule has 94 valence electrons. The minimum Gasteiger partial charge on any atom is -0.468 e. The lowest BCUT2D eigenvalue weighted by Gasteiger charge is -2.11. The molecule has 0 saturated carbocycles. The molecule has 2 N–H and O–H groups in total. The standard InChI is InChI=1S/C11H18N4O2/c1-7(2)13-10-5-9(14-8(3)15-10)12-6-11(16)17-4/h5,7H,6H2,1-4H3,(H2,12,13,14,15). The van der Waals surface area contributed by atoms with Crippen LogP contribution in [-0.4, -0.2) is 35.6 Å². The fourth-order valence-corrected chi connectivity index (χ4v) is 1.26. The molecule has 1 aromatic rings. The molecule has 1 rings (SSSR count). The molecule has 0 aliphatic rings. The number of esters is 1. The summed E-state index contributed by atoms with van der Waals surface area (Å²) in [5.74, 6) is 1.65. The first kappa shape index (κ1) is 13.2. The molecule has 0 aromatic carbocycles. The molecular weight excluding hydrogens is 220 g/mol. The Morgan fingerprint density at radius 2 is 2.06 bits per heavy atom. The van der Waals surface area contributed by atoms with Gasteiger partial charge in [0, 0.05) is 12.1 Å². The normalized spacial score (nSPS) is 10.2. The Morgan fingerprint density at radius 3 is 2.65 bits per heavy atom. The Kier molecular flexibility index (Phi) is 4.68. The number of rotatable bonds is 5. The third kappa shape index (κ3) is 4.67. The van der Waals surface area contributed by atoms with Crippen molar-refractivity contribution >= 4 is 17.6 Å². The summed E-state index contributed by atoms with van der Waals surface area (Å²) in [6, 6.07) is 2.05. The van der Waals surface area contributed by atoms with Crippen LogP contribution in [-0.2, 0) is 9.53 Å². The van der Waals surface area contributed by atoms with Gasteiger partial charge in [-0.1, -0.05) is 0 Å². The second-order valence-electron chi connectivity index (χ2n) is 3.91. The highest BCUT2D eigenvalue weighted by molar-refractivity contribution is 5.74. The zero-order valence-electron chi connectivity index (χ0n) is 10.6. The first-order chi connectivity index (χ1) is 8.01. The van der Waals surface area contributed by atoms with Gasteiger partial charge in [-0.05, 0) is 20.8 Å². The van der Waals surface area contributed by atoms with Crippen LogP contribution in [0, 0.1) is 6.92 Å². The number of hydrogen-bond donors (Lipinski definition) is 2. The molecule has 1 aromatic heterocycles.